The minimum atomic E-state index is -0.348. The van der Waals surface area contributed by atoms with Crippen LogP contribution in [0.3, 0.4) is 0 Å². The maximum Gasteiger partial charge on any atom is 0.338 e. The number of nitrogens with zero attached hydrogens (tertiary/aromatic N) is 1. The van der Waals surface area contributed by atoms with Crippen LogP contribution in [0.1, 0.15) is 32.6 Å². The molecule has 0 saturated heterocycles. The van der Waals surface area contributed by atoms with E-state index in [1.54, 1.807) is 30.3 Å². The number of rotatable bonds is 3. The summed E-state index contributed by atoms with van der Waals surface area (Å²) < 4.78 is 5.28. The first-order valence-corrected chi connectivity index (χ1v) is 6.33. The van der Waals surface area contributed by atoms with Gasteiger partial charge in [0, 0.05) is 0 Å². The first kappa shape index (κ1) is 13.8. The number of benzene rings is 2. The molecule has 0 spiro atoms. The predicted octanol–water partition coefficient (Wildman–Crippen LogP) is 3.53. The van der Waals surface area contributed by atoms with Crippen LogP contribution in [0.4, 0.5) is 0 Å². The lowest BCUT2D eigenvalue weighted by Gasteiger charge is -2.07. The van der Waals surface area contributed by atoms with Gasteiger partial charge in [0.25, 0.3) is 0 Å². The third-order valence-corrected chi connectivity index (χ3v) is 2.88. The summed E-state index contributed by atoms with van der Waals surface area (Å²) >= 11 is 0. The van der Waals surface area contributed by atoms with Crippen LogP contribution in [-0.2, 0) is 11.3 Å². The minimum Gasteiger partial charge on any atom is -0.457 e. The third kappa shape index (κ3) is 3.46. The predicted molar refractivity (Wildman–Crippen MR) is 76.2 cm³/mol. The first-order chi connectivity index (χ1) is 9.58. The smallest absolute Gasteiger partial charge is 0.338 e. The van der Waals surface area contributed by atoms with Gasteiger partial charge in [0.15, 0.2) is 0 Å². The average Bonchev–Trinajstić information content (AvgIpc) is 2.44. The second-order valence-corrected chi connectivity index (χ2v) is 4.76. The molecule has 0 amide bonds. The normalized spacial score (nSPS) is 9.85. The lowest BCUT2D eigenvalue weighted by molar-refractivity contribution is 0.0472. The fourth-order valence-corrected chi connectivity index (χ4v) is 2.06. The zero-order valence-corrected chi connectivity index (χ0v) is 11.5. The van der Waals surface area contributed by atoms with Gasteiger partial charge in [-0.2, -0.15) is 5.26 Å². The summed E-state index contributed by atoms with van der Waals surface area (Å²) in [4.78, 5) is 12.0. The van der Waals surface area contributed by atoms with Crippen LogP contribution in [0.25, 0.3) is 0 Å². The quantitative estimate of drug-likeness (QED) is 0.798. The van der Waals surface area contributed by atoms with Gasteiger partial charge in [-0.3, -0.25) is 0 Å². The lowest BCUT2D eigenvalue weighted by Crippen LogP contribution is -2.06. The highest BCUT2D eigenvalue weighted by Gasteiger charge is 2.08. The first-order valence-electron chi connectivity index (χ1n) is 6.33. The number of carbonyl (C=O) groups is 1. The Bertz CT molecular complexity index is 663. The molecule has 100 valence electrons. The zero-order valence-electron chi connectivity index (χ0n) is 11.5. The van der Waals surface area contributed by atoms with E-state index in [1.165, 1.54) is 0 Å². The number of nitriles is 1. The highest BCUT2D eigenvalue weighted by atomic mass is 16.5. The van der Waals surface area contributed by atoms with E-state index in [1.807, 2.05) is 26.0 Å². The topological polar surface area (TPSA) is 50.1 Å². The van der Waals surface area contributed by atoms with Crippen molar-refractivity contribution in [1.82, 2.24) is 0 Å². The van der Waals surface area contributed by atoms with Crippen LogP contribution in [0.2, 0.25) is 0 Å². The molecule has 0 N–H and O–H groups in total. The molecule has 3 heteroatoms. The Morgan fingerprint density at radius 1 is 1.15 bits per heavy atom. The molecule has 0 heterocycles. The van der Waals surface area contributed by atoms with Crippen LogP contribution in [-0.4, -0.2) is 5.97 Å². The fourth-order valence-electron chi connectivity index (χ4n) is 2.06. The second kappa shape index (κ2) is 6.03. The van der Waals surface area contributed by atoms with Gasteiger partial charge in [-0.25, -0.2) is 4.79 Å². The van der Waals surface area contributed by atoms with Crippen LogP contribution < -0.4 is 0 Å². The van der Waals surface area contributed by atoms with E-state index >= 15 is 0 Å². The van der Waals surface area contributed by atoms with Gasteiger partial charge >= 0.3 is 5.97 Å². The number of aryl methyl sites for hydroxylation is 2. The molecule has 0 radical (unpaired) electrons. The van der Waals surface area contributed by atoms with Gasteiger partial charge in [0.2, 0.25) is 0 Å². The summed E-state index contributed by atoms with van der Waals surface area (Å²) in [5.74, 6) is -0.348. The van der Waals surface area contributed by atoms with E-state index in [2.05, 4.69) is 6.07 Å². The number of carbonyl (C=O) groups excluding carboxylic acids is 1. The number of esters is 1. The van der Waals surface area contributed by atoms with Crippen molar-refractivity contribution in [2.75, 3.05) is 0 Å². The molecular formula is C17H15NO2. The van der Waals surface area contributed by atoms with Crippen LogP contribution in [0, 0.1) is 25.2 Å². The summed E-state index contributed by atoms with van der Waals surface area (Å²) in [5, 5.41) is 8.82. The van der Waals surface area contributed by atoms with E-state index in [-0.39, 0.29) is 12.6 Å². The zero-order chi connectivity index (χ0) is 14.5. The Morgan fingerprint density at radius 3 is 2.50 bits per heavy atom. The monoisotopic (exact) mass is 265 g/mol. The Labute approximate surface area is 118 Å². The second-order valence-electron chi connectivity index (χ2n) is 4.76. The molecule has 0 unspecified atom stereocenters. The Morgan fingerprint density at radius 2 is 1.85 bits per heavy atom. The molecule has 0 aliphatic rings. The summed E-state index contributed by atoms with van der Waals surface area (Å²) in [6.45, 7) is 4.06. The molecule has 20 heavy (non-hydrogen) atoms. The summed E-state index contributed by atoms with van der Waals surface area (Å²) in [6, 6.07) is 14.7. The highest BCUT2D eigenvalue weighted by molar-refractivity contribution is 5.89. The molecule has 0 aliphatic carbocycles. The molecule has 0 fully saturated rings. The molecule has 0 saturated carbocycles. The maximum atomic E-state index is 12.0. The average molecular weight is 265 g/mol. The molecule has 2 aromatic carbocycles. The molecule has 0 atom stereocenters. The van der Waals surface area contributed by atoms with Crippen molar-refractivity contribution in [2.45, 2.75) is 20.5 Å². The SMILES string of the molecule is Cc1cc(C)cc(C(=O)OCc2cccc(C#N)c2)c1. The number of hydrogen-bond donors (Lipinski definition) is 0. The molecule has 2 rings (SSSR count). The summed E-state index contributed by atoms with van der Waals surface area (Å²) in [5.41, 5.74) is 3.98. The Hall–Kier alpha value is -2.60. The maximum absolute atomic E-state index is 12.0. The molecule has 0 bridgehead atoms. The van der Waals surface area contributed by atoms with Crippen LogP contribution in [0.15, 0.2) is 42.5 Å². The van der Waals surface area contributed by atoms with E-state index in [4.69, 9.17) is 10.00 Å². The number of ether oxygens (including phenoxy) is 1. The number of hydrogen-bond acceptors (Lipinski definition) is 3. The Kier molecular flexibility index (Phi) is 4.17. The van der Waals surface area contributed by atoms with Gasteiger partial charge < -0.3 is 4.74 Å². The van der Waals surface area contributed by atoms with Crippen molar-refractivity contribution >= 4 is 5.97 Å². The lowest BCUT2D eigenvalue weighted by atomic mass is 10.1. The largest absolute Gasteiger partial charge is 0.457 e. The highest BCUT2D eigenvalue weighted by Crippen LogP contribution is 2.12. The van der Waals surface area contributed by atoms with E-state index in [0.717, 1.165) is 16.7 Å². The fraction of sp³-hybridized carbons (Fsp3) is 0.176. The summed E-state index contributed by atoms with van der Waals surface area (Å²) in [7, 11) is 0. The van der Waals surface area contributed by atoms with Crippen molar-refractivity contribution < 1.29 is 9.53 Å². The van der Waals surface area contributed by atoms with Crippen molar-refractivity contribution in [1.29, 1.82) is 5.26 Å². The van der Waals surface area contributed by atoms with Crippen molar-refractivity contribution in [2.24, 2.45) is 0 Å². The molecule has 0 aromatic heterocycles. The Balaban J connectivity index is 2.06. The standard InChI is InChI=1S/C17H15NO2/c1-12-6-13(2)8-16(7-12)17(19)20-11-15-5-3-4-14(9-15)10-18/h3-9H,11H2,1-2H3. The van der Waals surface area contributed by atoms with E-state index in [9.17, 15) is 4.79 Å². The van der Waals surface area contributed by atoms with Crippen LogP contribution in [0.5, 0.6) is 0 Å². The van der Waals surface area contributed by atoms with Crippen molar-refractivity contribution in [3.8, 4) is 6.07 Å². The molecular weight excluding hydrogens is 250 g/mol. The molecule has 0 aliphatic heterocycles. The van der Waals surface area contributed by atoms with E-state index < -0.39 is 0 Å². The van der Waals surface area contributed by atoms with Gasteiger partial charge in [-0.1, -0.05) is 29.3 Å². The van der Waals surface area contributed by atoms with Gasteiger partial charge in [-0.15, -0.1) is 0 Å². The summed E-state index contributed by atoms with van der Waals surface area (Å²) in [6.07, 6.45) is 0. The van der Waals surface area contributed by atoms with Gasteiger partial charge in [0.1, 0.15) is 6.61 Å². The third-order valence-electron chi connectivity index (χ3n) is 2.88. The molecule has 2 aromatic rings. The van der Waals surface area contributed by atoms with E-state index in [0.29, 0.717) is 11.1 Å². The van der Waals surface area contributed by atoms with Crippen molar-refractivity contribution in [3.63, 3.8) is 0 Å². The van der Waals surface area contributed by atoms with Gasteiger partial charge in [0.05, 0.1) is 17.2 Å². The van der Waals surface area contributed by atoms with Gasteiger partial charge in [-0.05, 0) is 43.7 Å². The minimum absolute atomic E-state index is 0.168. The van der Waals surface area contributed by atoms with Crippen LogP contribution >= 0.6 is 0 Å². The molecule has 3 nitrogen and oxygen atoms in total. The van der Waals surface area contributed by atoms with Crippen molar-refractivity contribution in [3.05, 3.63) is 70.3 Å².